The minimum Gasteiger partial charge on any atom is -0.508 e. The number of phenols is 2. The molecular formula is C42H42N2O8. The van der Waals surface area contributed by atoms with Crippen LogP contribution in [0.2, 0.25) is 0 Å². The topological polar surface area (TPSA) is 154 Å². The first-order valence-corrected chi connectivity index (χ1v) is 17.9. The number of nitrogens with two attached hydrogens (primary N) is 1. The molecule has 4 bridgehead atoms. The Labute approximate surface area is 302 Å². The zero-order chi connectivity index (χ0) is 36.3. The second-order valence-electron chi connectivity index (χ2n) is 14.5. The molecule has 0 saturated heterocycles. The van der Waals surface area contributed by atoms with Crippen LogP contribution in [0, 0.1) is 17.8 Å². The maximum atomic E-state index is 12.2. The SMILES string of the molecule is CCc1cc2c(nc1N)C#CCc1cc(O)c(OC)cc1[C@H]1Oc3c(ccc4c3[C@@]3(CC[C@H](C2)C3)Cc2cc(O)cc(OCO)c2-4)[C@@H]1COC(C)=O. The van der Waals surface area contributed by atoms with Crippen molar-refractivity contribution in [2.24, 2.45) is 5.92 Å². The van der Waals surface area contributed by atoms with Crippen LogP contribution in [0.1, 0.15) is 89.8 Å². The minimum absolute atomic E-state index is 0.0201. The molecule has 10 nitrogen and oxygen atoms in total. The number of aryl methyl sites for hydroxylation is 1. The van der Waals surface area contributed by atoms with Crippen molar-refractivity contribution in [3.05, 3.63) is 87.1 Å². The van der Waals surface area contributed by atoms with Gasteiger partial charge in [-0.2, -0.15) is 0 Å². The molecule has 4 aromatic rings. The number of hydrogen-bond acceptors (Lipinski definition) is 10. The van der Waals surface area contributed by atoms with E-state index in [0.717, 1.165) is 87.9 Å². The number of anilines is 1. The fourth-order valence-corrected chi connectivity index (χ4v) is 9.23. The van der Waals surface area contributed by atoms with Gasteiger partial charge in [0.05, 0.1) is 13.0 Å². The van der Waals surface area contributed by atoms with Crippen LogP contribution in [0.15, 0.2) is 42.5 Å². The maximum Gasteiger partial charge on any atom is 0.302 e. The van der Waals surface area contributed by atoms with Gasteiger partial charge in [0, 0.05) is 47.1 Å². The summed E-state index contributed by atoms with van der Waals surface area (Å²) in [6, 6.07) is 13.1. The molecule has 3 heterocycles. The molecule has 0 radical (unpaired) electrons. The van der Waals surface area contributed by atoms with E-state index in [2.05, 4.69) is 30.9 Å². The smallest absolute Gasteiger partial charge is 0.302 e. The zero-order valence-corrected chi connectivity index (χ0v) is 29.5. The third kappa shape index (κ3) is 5.55. The van der Waals surface area contributed by atoms with Gasteiger partial charge in [0.2, 0.25) is 0 Å². The van der Waals surface area contributed by atoms with E-state index in [9.17, 15) is 20.1 Å². The number of carbonyl (C=O) groups is 1. The van der Waals surface area contributed by atoms with Crippen molar-refractivity contribution in [1.29, 1.82) is 0 Å². The molecule has 4 atom stereocenters. The number of nitrogens with zero attached hydrogens (tertiary/aromatic N) is 1. The maximum absolute atomic E-state index is 12.2. The number of benzene rings is 3. The van der Waals surface area contributed by atoms with Crippen molar-refractivity contribution in [2.45, 2.75) is 76.2 Å². The lowest BCUT2D eigenvalue weighted by molar-refractivity contribution is -0.141. The Morgan fingerprint density at radius 1 is 1.10 bits per heavy atom. The quantitative estimate of drug-likeness (QED) is 0.104. The molecule has 52 heavy (non-hydrogen) atoms. The first kappa shape index (κ1) is 33.7. The van der Waals surface area contributed by atoms with Crippen LogP contribution in [0.25, 0.3) is 11.1 Å². The van der Waals surface area contributed by atoms with Crippen molar-refractivity contribution in [2.75, 3.05) is 26.2 Å². The highest BCUT2D eigenvalue weighted by Crippen LogP contribution is 2.62. The number of rotatable bonds is 6. The van der Waals surface area contributed by atoms with Gasteiger partial charge in [-0.15, -0.1) is 0 Å². The van der Waals surface area contributed by atoms with Gasteiger partial charge in [-0.1, -0.05) is 25.0 Å². The van der Waals surface area contributed by atoms with E-state index in [1.807, 2.05) is 6.07 Å². The number of aromatic hydroxyl groups is 2. The summed E-state index contributed by atoms with van der Waals surface area (Å²) in [4.78, 5) is 17.0. The Hall–Kier alpha value is -5.40. The third-order valence-corrected chi connectivity index (χ3v) is 11.4. The number of phenolic OH excluding ortho intramolecular Hbond substituents is 2. The Morgan fingerprint density at radius 3 is 2.71 bits per heavy atom. The summed E-state index contributed by atoms with van der Waals surface area (Å²) in [5.41, 5.74) is 15.0. The van der Waals surface area contributed by atoms with E-state index in [-0.39, 0.29) is 35.9 Å². The van der Waals surface area contributed by atoms with Crippen molar-refractivity contribution in [3.63, 3.8) is 0 Å². The number of ether oxygens (including phenoxy) is 4. The molecule has 1 spiro atoms. The Balaban J connectivity index is 1.40. The molecule has 5 N–H and O–H groups in total. The highest BCUT2D eigenvalue weighted by molar-refractivity contribution is 5.84. The van der Waals surface area contributed by atoms with Crippen LogP contribution in [0.3, 0.4) is 0 Å². The molecule has 2 aliphatic carbocycles. The van der Waals surface area contributed by atoms with Gasteiger partial charge in [0.15, 0.2) is 18.3 Å². The normalized spacial score (nSPS) is 22.0. The second kappa shape index (κ2) is 13.0. The summed E-state index contributed by atoms with van der Waals surface area (Å²) in [6.07, 6.45) is 4.52. The number of methoxy groups -OCH3 is 1. The molecule has 1 aromatic heterocycles. The van der Waals surface area contributed by atoms with Crippen LogP contribution in [0.4, 0.5) is 5.82 Å². The van der Waals surface area contributed by atoms with Crippen LogP contribution in [0.5, 0.6) is 28.7 Å². The number of pyridine rings is 1. The van der Waals surface area contributed by atoms with E-state index < -0.39 is 18.9 Å². The lowest BCUT2D eigenvalue weighted by atomic mass is 9.65. The van der Waals surface area contributed by atoms with Gasteiger partial charge in [0.25, 0.3) is 0 Å². The predicted octanol–water partition coefficient (Wildman–Crippen LogP) is 6.17. The van der Waals surface area contributed by atoms with Gasteiger partial charge in [-0.05, 0) is 102 Å². The summed E-state index contributed by atoms with van der Waals surface area (Å²) in [5, 5.41) is 31.6. The Morgan fingerprint density at radius 2 is 1.94 bits per heavy atom. The molecular weight excluding hydrogens is 660 g/mol. The van der Waals surface area contributed by atoms with Crippen LogP contribution < -0.4 is 19.9 Å². The molecule has 8 rings (SSSR count). The van der Waals surface area contributed by atoms with E-state index in [1.54, 1.807) is 24.3 Å². The fraction of sp³-hybridized carbons (Fsp3) is 0.381. The number of nitrogen functional groups attached to an aromatic ring is 1. The number of aromatic nitrogens is 1. The average Bonchev–Trinajstić information content (AvgIpc) is 3.68. The number of esters is 1. The Bertz CT molecular complexity index is 2190. The van der Waals surface area contributed by atoms with Gasteiger partial charge in [0.1, 0.15) is 41.5 Å². The van der Waals surface area contributed by atoms with Crippen molar-refractivity contribution < 1.29 is 39.1 Å². The molecule has 1 fully saturated rings. The molecule has 0 amide bonds. The van der Waals surface area contributed by atoms with Crippen molar-refractivity contribution >= 4 is 11.8 Å². The lowest BCUT2D eigenvalue weighted by Crippen LogP contribution is -2.31. The summed E-state index contributed by atoms with van der Waals surface area (Å²) < 4.78 is 24.2. The largest absolute Gasteiger partial charge is 0.508 e. The number of carbonyl (C=O) groups excluding carboxylic acids is 1. The van der Waals surface area contributed by atoms with Gasteiger partial charge in [-0.25, -0.2) is 4.98 Å². The molecule has 3 aromatic carbocycles. The molecule has 10 heteroatoms. The summed E-state index contributed by atoms with van der Waals surface area (Å²) in [5.74, 6) is 8.14. The first-order valence-electron chi connectivity index (χ1n) is 17.9. The van der Waals surface area contributed by atoms with E-state index in [4.69, 9.17) is 29.7 Å². The monoisotopic (exact) mass is 702 g/mol. The molecule has 1 saturated carbocycles. The van der Waals surface area contributed by atoms with Gasteiger partial charge < -0.3 is 40.0 Å². The number of aliphatic hydroxyl groups excluding tert-OH is 1. The molecule has 2 aliphatic heterocycles. The van der Waals surface area contributed by atoms with Crippen LogP contribution in [-0.2, 0) is 40.6 Å². The summed E-state index contributed by atoms with van der Waals surface area (Å²) >= 11 is 0. The molecule has 268 valence electrons. The fourth-order valence-electron chi connectivity index (χ4n) is 9.23. The van der Waals surface area contributed by atoms with Gasteiger partial charge in [-0.3, -0.25) is 4.79 Å². The number of fused-ring (bicyclic) bond motifs is 7. The average molecular weight is 703 g/mol. The second-order valence-corrected chi connectivity index (χ2v) is 14.5. The van der Waals surface area contributed by atoms with Crippen LogP contribution in [-0.4, -0.2) is 46.8 Å². The van der Waals surface area contributed by atoms with E-state index in [0.29, 0.717) is 35.3 Å². The molecule has 4 aliphatic rings. The summed E-state index contributed by atoms with van der Waals surface area (Å²) in [7, 11) is 1.50. The third-order valence-electron chi connectivity index (χ3n) is 11.4. The Kier molecular flexibility index (Phi) is 8.42. The highest BCUT2D eigenvalue weighted by atomic mass is 16.6. The van der Waals surface area contributed by atoms with Crippen molar-refractivity contribution in [1.82, 2.24) is 4.98 Å². The highest BCUT2D eigenvalue weighted by Gasteiger charge is 2.51. The lowest BCUT2D eigenvalue weighted by Gasteiger charge is -2.39. The predicted molar refractivity (Wildman–Crippen MR) is 194 cm³/mol. The minimum atomic E-state index is -0.603. The zero-order valence-electron chi connectivity index (χ0n) is 29.5. The standard InChI is InChI=1S/C42H42N2O8/c1-4-24-13-26-12-23-10-11-42(18-23)19-27-14-28(47)16-36(51-21-45)37(27)30-9-8-29-32(20-50-22(2)46)39(52-40(29)38(30)42)31-17-35(49-3)34(48)15-25(31)6-5-7-33(26)44-41(24)43/h8-9,13-17,23,32,39,45,47-48H,4,6,10-12,18-21H2,1-3H3,(H2,43,44)/t23-,32+,39-,42-/m1/s1. The summed E-state index contributed by atoms with van der Waals surface area (Å²) in [6.45, 7) is 3.00. The molecule has 0 unspecified atom stereocenters. The first-order chi connectivity index (χ1) is 25.1. The van der Waals surface area contributed by atoms with E-state index >= 15 is 0 Å². The van der Waals surface area contributed by atoms with Crippen LogP contribution >= 0.6 is 0 Å². The van der Waals surface area contributed by atoms with Crippen molar-refractivity contribution in [3.8, 4) is 51.7 Å². The van der Waals surface area contributed by atoms with E-state index in [1.165, 1.54) is 14.0 Å². The number of hydrogen-bond donors (Lipinski definition) is 4. The van der Waals surface area contributed by atoms with Gasteiger partial charge >= 0.3 is 5.97 Å². The number of aliphatic hydroxyl groups is 1.